The Kier molecular flexibility index (Phi) is 3.44. The van der Waals surface area contributed by atoms with Gasteiger partial charge in [0.25, 0.3) is 0 Å². The molecule has 0 atom stereocenters. The molecule has 1 aliphatic heterocycles. The maximum absolute atomic E-state index is 3.43. The monoisotopic (exact) mass is 207 g/mol. The summed E-state index contributed by atoms with van der Waals surface area (Å²) in [5.41, 5.74) is 4.05. The lowest BCUT2D eigenvalue weighted by Crippen LogP contribution is -2.27. The summed E-state index contributed by atoms with van der Waals surface area (Å²) in [7, 11) is 0. The summed E-state index contributed by atoms with van der Waals surface area (Å²) < 4.78 is 0. The van der Waals surface area contributed by atoms with Gasteiger partial charge in [-0.15, -0.1) is 0 Å². The fourth-order valence-corrected chi connectivity index (χ4v) is 2.25. The smallest absolute Gasteiger partial charge is 0.0252 e. The third-order valence-electron chi connectivity index (χ3n) is 3.08. The first-order chi connectivity index (χ1) is 7.25. The number of nitrogens with zero attached hydrogens (tertiary/aromatic N) is 1. The summed E-state index contributed by atoms with van der Waals surface area (Å²) in [4.78, 5) is 5.91. The number of aryl methyl sites for hydroxylation is 2. The van der Waals surface area contributed by atoms with Gasteiger partial charge < -0.3 is 10.3 Å². The SMILES string of the molecule is Cc1cc(CN2CCCNCC2)c(C)[nH]1. The van der Waals surface area contributed by atoms with E-state index >= 15 is 0 Å². The zero-order valence-electron chi connectivity index (χ0n) is 9.77. The van der Waals surface area contributed by atoms with Gasteiger partial charge in [0.1, 0.15) is 0 Å². The van der Waals surface area contributed by atoms with E-state index in [0.29, 0.717) is 0 Å². The van der Waals surface area contributed by atoms with Crippen LogP contribution in [0.5, 0.6) is 0 Å². The van der Waals surface area contributed by atoms with Crippen LogP contribution in [0.3, 0.4) is 0 Å². The molecule has 1 aromatic heterocycles. The Hall–Kier alpha value is -0.800. The third-order valence-corrected chi connectivity index (χ3v) is 3.08. The number of hydrogen-bond acceptors (Lipinski definition) is 2. The van der Waals surface area contributed by atoms with Gasteiger partial charge in [0.05, 0.1) is 0 Å². The van der Waals surface area contributed by atoms with E-state index in [1.807, 2.05) is 0 Å². The molecule has 3 nitrogen and oxygen atoms in total. The average molecular weight is 207 g/mol. The van der Waals surface area contributed by atoms with Crippen LogP contribution in [0.15, 0.2) is 6.07 Å². The lowest BCUT2D eigenvalue weighted by molar-refractivity contribution is 0.284. The number of nitrogens with one attached hydrogen (secondary N) is 2. The van der Waals surface area contributed by atoms with Gasteiger partial charge in [-0.05, 0) is 45.0 Å². The van der Waals surface area contributed by atoms with Crippen LogP contribution in [0.4, 0.5) is 0 Å². The second kappa shape index (κ2) is 4.81. The maximum Gasteiger partial charge on any atom is 0.0252 e. The number of hydrogen-bond donors (Lipinski definition) is 2. The highest BCUT2D eigenvalue weighted by atomic mass is 15.1. The third kappa shape index (κ3) is 2.83. The predicted molar refractivity (Wildman–Crippen MR) is 63.0 cm³/mol. The summed E-state index contributed by atoms with van der Waals surface area (Å²) >= 11 is 0. The Bertz CT molecular complexity index is 309. The van der Waals surface area contributed by atoms with Crippen LogP contribution in [0.2, 0.25) is 0 Å². The molecule has 2 N–H and O–H groups in total. The van der Waals surface area contributed by atoms with Crippen LogP contribution >= 0.6 is 0 Å². The summed E-state index contributed by atoms with van der Waals surface area (Å²) in [5, 5.41) is 3.43. The Balaban J connectivity index is 1.97. The van der Waals surface area contributed by atoms with E-state index in [2.05, 4.69) is 35.1 Å². The van der Waals surface area contributed by atoms with Crippen molar-refractivity contribution in [2.45, 2.75) is 26.8 Å². The number of aromatic amines is 1. The van der Waals surface area contributed by atoms with Gasteiger partial charge in [-0.1, -0.05) is 0 Å². The molecule has 0 saturated carbocycles. The van der Waals surface area contributed by atoms with E-state index < -0.39 is 0 Å². The lowest BCUT2D eigenvalue weighted by atomic mass is 10.2. The molecule has 0 amide bonds. The topological polar surface area (TPSA) is 31.1 Å². The van der Waals surface area contributed by atoms with Crippen LogP contribution < -0.4 is 5.32 Å². The second-order valence-electron chi connectivity index (χ2n) is 4.48. The van der Waals surface area contributed by atoms with Crippen molar-refractivity contribution in [3.63, 3.8) is 0 Å². The Labute approximate surface area is 91.9 Å². The highest BCUT2D eigenvalue weighted by Crippen LogP contribution is 2.12. The quantitative estimate of drug-likeness (QED) is 0.768. The molecular formula is C12H21N3. The van der Waals surface area contributed by atoms with Crippen molar-refractivity contribution < 1.29 is 0 Å². The van der Waals surface area contributed by atoms with Gasteiger partial charge in [0.2, 0.25) is 0 Å². The molecule has 3 heteroatoms. The second-order valence-corrected chi connectivity index (χ2v) is 4.48. The summed E-state index contributed by atoms with van der Waals surface area (Å²) in [5.74, 6) is 0. The van der Waals surface area contributed by atoms with Crippen LogP contribution in [0.25, 0.3) is 0 Å². The summed E-state index contributed by atoms with van der Waals surface area (Å²) in [6.07, 6.45) is 1.27. The molecule has 0 aliphatic carbocycles. The molecule has 1 fully saturated rings. The largest absolute Gasteiger partial charge is 0.362 e. The van der Waals surface area contributed by atoms with Crippen molar-refractivity contribution in [1.82, 2.24) is 15.2 Å². The molecule has 15 heavy (non-hydrogen) atoms. The molecule has 2 rings (SSSR count). The van der Waals surface area contributed by atoms with Crippen molar-refractivity contribution in [3.8, 4) is 0 Å². The summed E-state index contributed by atoms with van der Waals surface area (Å²) in [6.45, 7) is 10.1. The zero-order valence-corrected chi connectivity index (χ0v) is 9.77. The highest BCUT2D eigenvalue weighted by Gasteiger charge is 2.11. The summed E-state index contributed by atoms with van der Waals surface area (Å²) in [6, 6.07) is 2.27. The molecule has 1 aromatic rings. The van der Waals surface area contributed by atoms with Crippen molar-refractivity contribution in [2.75, 3.05) is 26.2 Å². The van der Waals surface area contributed by atoms with Crippen LogP contribution in [0, 0.1) is 13.8 Å². The first-order valence-corrected chi connectivity index (χ1v) is 5.84. The van der Waals surface area contributed by atoms with Gasteiger partial charge in [-0.2, -0.15) is 0 Å². The standard InChI is InChI=1S/C12H21N3/c1-10-8-12(11(2)14-10)9-15-6-3-4-13-5-7-15/h8,13-14H,3-7,9H2,1-2H3. The molecule has 1 aliphatic rings. The van der Waals surface area contributed by atoms with Crippen LogP contribution in [0.1, 0.15) is 23.4 Å². The highest BCUT2D eigenvalue weighted by molar-refractivity contribution is 5.24. The molecule has 0 aromatic carbocycles. The fourth-order valence-electron chi connectivity index (χ4n) is 2.25. The minimum atomic E-state index is 1.10. The Morgan fingerprint density at radius 2 is 2.13 bits per heavy atom. The zero-order chi connectivity index (χ0) is 10.7. The van der Waals surface area contributed by atoms with E-state index in [9.17, 15) is 0 Å². The van der Waals surface area contributed by atoms with Gasteiger partial charge >= 0.3 is 0 Å². The van der Waals surface area contributed by atoms with Gasteiger partial charge in [-0.3, -0.25) is 4.90 Å². The Morgan fingerprint density at radius 3 is 2.87 bits per heavy atom. The van der Waals surface area contributed by atoms with Gasteiger partial charge in [0, 0.05) is 31.0 Å². The first-order valence-electron chi connectivity index (χ1n) is 5.84. The van der Waals surface area contributed by atoms with E-state index in [-0.39, 0.29) is 0 Å². The van der Waals surface area contributed by atoms with Crippen LogP contribution in [-0.2, 0) is 6.54 Å². The van der Waals surface area contributed by atoms with Crippen LogP contribution in [-0.4, -0.2) is 36.1 Å². The molecule has 0 unspecified atom stereocenters. The first kappa shape index (κ1) is 10.7. The van der Waals surface area contributed by atoms with Crippen molar-refractivity contribution in [2.24, 2.45) is 0 Å². The maximum atomic E-state index is 3.43. The molecule has 0 spiro atoms. The van der Waals surface area contributed by atoms with E-state index in [4.69, 9.17) is 0 Å². The molecule has 84 valence electrons. The molecule has 1 saturated heterocycles. The minimum Gasteiger partial charge on any atom is -0.362 e. The van der Waals surface area contributed by atoms with Gasteiger partial charge in [0.15, 0.2) is 0 Å². The number of H-pyrrole nitrogens is 1. The van der Waals surface area contributed by atoms with Gasteiger partial charge in [-0.25, -0.2) is 0 Å². The molecule has 0 bridgehead atoms. The predicted octanol–water partition coefficient (Wildman–Crippen LogP) is 1.43. The normalized spacial score (nSPS) is 19.1. The minimum absolute atomic E-state index is 1.10. The van der Waals surface area contributed by atoms with Crippen molar-refractivity contribution in [1.29, 1.82) is 0 Å². The number of rotatable bonds is 2. The number of aromatic nitrogens is 1. The fraction of sp³-hybridized carbons (Fsp3) is 0.667. The molecule has 0 radical (unpaired) electrons. The lowest BCUT2D eigenvalue weighted by Gasteiger charge is -2.19. The van der Waals surface area contributed by atoms with Crippen molar-refractivity contribution in [3.05, 3.63) is 23.0 Å². The Morgan fingerprint density at radius 1 is 1.27 bits per heavy atom. The molecular weight excluding hydrogens is 186 g/mol. The van der Waals surface area contributed by atoms with E-state index in [1.165, 1.54) is 43.0 Å². The van der Waals surface area contributed by atoms with Crippen molar-refractivity contribution >= 4 is 0 Å². The van der Waals surface area contributed by atoms with E-state index in [0.717, 1.165) is 13.1 Å². The average Bonchev–Trinajstić information content (AvgIpc) is 2.44. The van der Waals surface area contributed by atoms with E-state index in [1.54, 1.807) is 0 Å². The molecule has 2 heterocycles.